The lowest BCUT2D eigenvalue weighted by molar-refractivity contribution is 0.102. The number of halogens is 1. The quantitative estimate of drug-likeness (QED) is 0.669. The summed E-state index contributed by atoms with van der Waals surface area (Å²) in [5.41, 5.74) is 1.63. The van der Waals surface area contributed by atoms with E-state index >= 15 is 0 Å². The largest absolute Gasteiger partial charge is 0.380 e. The summed E-state index contributed by atoms with van der Waals surface area (Å²) in [7, 11) is 1.65. The molecule has 0 unspecified atom stereocenters. The number of nitrogens with zero attached hydrogens (tertiary/aromatic N) is 2. The third-order valence-electron chi connectivity index (χ3n) is 3.41. The molecule has 1 aromatic carbocycles. The summed E-state index contributed by atoms with van der Waals surface area (Å²) in [5, 5.41) is 9.22. The van der Waals surface area contributed by atoms with Gasteiger partial charge in [-0.1, -0.05) is 12.1 Å². The van der Waals surface area contributed by atoms with Crippen molar-refractivity contribution in [2.75, 3.05) is 12.4 Å². The molecule has 5 nitrogen and oxygen atoms in total. The summed E-state index contributed by atoms with van der Waals surface area (Å²) in [6, 6.07) is 11.2. The number of rotatable bonds is 6. The molecule has 0 saturated carbocycles. The van der Waals surface area contributed by atoms with Gasteiger partial charge < -0.3 is 10.1 Å². The van der Waals surface area contributed by atoms with E-state index in [-0.39, 0.29) is 5.91 Å². The summed E-state index contributed by atoms with van der Waals surface area (Å²) in [5.74, 6) is 0.513. The third-order valence-corrected chi connectivity index (χ3v) is 5.10. The summed E-state index contributed by atoms with van der Waals surface area (Å²) in [6.45, 7) is 1.15. The van der Waals surface area contributed by atoms with E-state index < -0.39 is 0 Å². The molecule has 0 aliphatic carbocycles. The molecule has 3 aromatic rings. The highest BCUT2D eigenvalue weighted by molar-refractivity contribution is 9.10. The second-order valence-electron chi connectivity index (χ2n) is 5.19. The number of carbonyl (C=O) groups is 1. The Morgan fingerprint density at radius 2 is 2.12 bits per heavy atom. The number of ether oxygens (including phenoxy) is 1. The maximum atomic E-state index is 12.4. The van der Waals surface area contributed by atoms with Gasteiger partial charge in [-0.3, -0.25) is 4.79 Å². The van der Waals surface area contributed by atoms with Crippen molar-refractivity contribution in [3.63, 3.8) is 0 Å². The van der Waals surface area contributed by atoms with Crippen molar-refractivity contribution < 1.29 is 9.53 Å². The molecular formula is C17H16BrN3O2S. The number of methoxy groups -OCH3 is 1. The zero-order valence-electron chi connectivity index (χ0n) is 13.0. The predicted octanol–water partition coefficient (Wildman–Crippen LogP) is 4.15. The minimum Gasteiger partial charge on any atom is -0.380 e. The van der Waals surface area contributed by atoms with E-state index in [0.717, 1.165) is 14.9 Å². The molecule has 0 atom stereocenters. The van der Waals surface area contributed by atoms with Gasteiger partial charge in [0.2, 0.25) is 0 Å². The van der Waals surface area contributed by atoms with E-state index in [2.05, 4.69) is 26.3 Å². The molecule has 0 aliphatic heterocycles. The molecule has 0 saturated heterocycles. The summed E-state index contributed by atoms with van der Waals surface area (Å²) in [6.07, 6.45) is 1.68. The molecule has 124 valence electrons. The molecule has 1 amide bonds. The van der Waals surface area contributed by atoms with Crippen LogP contribution in [0.25, 0.3) is 0 Å². The van der Waals surface area contributed by atoms with Gasteiger partial charge in [0.25, 0.3) is 5.91 Å². The second kappa shape index (κ2) is 7.74. The number of anilines is 1. The number of amides is 1. The Bertz CT molecular complexity index is 826. The van der Waals surface area contributed by atoms with Crippen LogP contribution in [0, 0.1) is 0 Å². The van der Waals surface area contributed by atoms with E-state index in [1.165, 1.54) is 0 Å². The fourth-order valence-electron chi connectivity index (χ4n) is 2.26. The molecule has 3 rings (SSSR count). The molecular weight excluding hydrogens is 390 g/mol. The Morgan fingerprint density at radius 1 is 1.33 bits per heavy atom. The highest BCUT2D eigenvalue weighted by atomic mass is 79.9. The molecule has 0 spiro atoms. The van der Waals surface area contributed by atoms with Gasteiger partial charge in [0.05, 0.1) is 19.3 Å². The van der Waals surface area contributed by atoms with Crippen LogP contribution in [0.2, 0.25) is 0 Å². The van der Waals surface area contributed by atoms with Crippen molar-refractivity contribution in [3.8, 4) is 0 Å². The molecule has 2 heterocycles. The Labute approximate surface area is 152 Å². The SMILES string of the molecule is COCc1ccc(C(=O)Nc2ccnn2Cc2cc(Br)cs2)cc1. The van der Waals surface area contributed by atoms with Crippen LogP contribution in [-0.2, 0) is 17.9 Å². The molecule has 1 N–H and O–H groups in total. The van der Waals surface area contributed by atoms with Crippen molar-refractivity contribution in [3.05, 3.63) is 68.5 Å². The first-order chi connectivity index (χ1) is 11.7. The van der Waals surface area contributed by atoms with Crippen LogP contribution in [0.4, 0.5) is 5.82 Å². The van der Waals surface area contributed by atoms with Gasteiger partial charge in [-0.2, -0.15) is 5.10 Å². The minimum absolute atomic E-state index is 0.159. The number of thiophene rings is 1. The Hall–Kier alpha value is -1.96. The number of aromatic nitrogens is 2. The number of hydrogen-bond donors (Lipinski definition) is 1. The fraction of sp³-hybridized carbons (Fsp3) is 0.176. The number of benzene rings is 1. The average molecular weight is 406 g/mol. The summed E-state index contributed by atoms with van der Waals surface area (Å²) in [4.78, 5) is 13.6. The van der Waals surface area contributed by atoms with Crippen molar-refractivity contribution in [2.24, 2.45) is 0 Å². The van der Waals surface area contributed by atoms with Crippen LogP contribution in [-0.4, -0.2) is 22.8 Å². The van der Waals surface area contributed by atoms with E-state index in [1.54, 1.807) is 47.5 Å². The highest BCUT2D eigenvalue weighted by Crippen LogP contribution is 2.22. The molecule has 0 radical (unpaired) electrons. The summed E-state index contributed by atoms with van der Waals surface area (Å²) < 4.78 is 7.90. The lowest BCUT2D eigenvalue weighted by Crippen LogP contribution is -2.16. The molecule has 0 bridgehead atoms. The van der Waals surface area contributed by atoms with Crippen LogP contribution in [0.1, 0.15) is 20.8 Å². The number of nitrogens with one attached hydrogen (secondary N) is 1. The third kappa shape index (κ3) is 4.11. The molecule has 24 heavy (non-hydrogen) atoms. The first-order valence-corrected chi connectivity index (χ1v) is 8.97. The normalized spacial score (nSPS) is 10.8. The highest BCUT2D eigenvalue weighted by Gasteiger charge is 2.10. The fourth-order valence-corrected chi connectivity index (χ4v) is 3.69. The topological polar surface area (TPSA) is 56.1 Å². The van der Waals surface area contributed by atoms with Crippen molar-refractivity contribution in [1.29, 1.82) is 0 Å². The maximum Gasteiger partial charge on any atom is 0.256 e. The van der Waals surface area contributed by atoms with Gasteiger partial charge in [0.15, 0.2) is 0 Å². The first kappa shape index (κ1) is 16.9. The second-order valence-corrected chi connectivity index (χ2v) is 7.10. The van der Waals surface area contributed by atoms with Crippen LogP contribution in [0.15, 0.2) is 52.4 Å². The van der Waals surface area contributed by atoms with Crippen molar-refractivity contribution in [1.82, 2.24) is 9.78 Å². The van der Waals surface area contributed by atoms with Gasteiger partial charge >= 0.3 is 0 Å². The zero-order valence-corrected chi connectivity index (χ0v) is 15.4. The van der Waals surface area contributed by atoms with Crippen molar-refractivity contribution >= 4 is 39.0 Å². The van der Waals surface area contributed by atoms with Gasteiger partial charge in [0, 0.05) is 33.5 Å². The first-order valence-electron chi connectivity index (χ1n) is 7.29. The Kier molecular flexibility index (Phi) is 5.44. The molecule has 0 aliphatic rings. The Morgan fingerprint density at radius 3 is 2.79 bits per heavy atom. The van der Waals surface area contributed by atoms with Gasteiger partial charge in [-0.15, -0.1) is 11.3 Å². The van der Waals surface area contributed by atoms with Gasteiger partial charge in [0.1, 0.15) is 5.82 Å². The van der Waals surface area contributed by atoms with E-state index in [4.69, 9.17) is 4.74 Å². The van der Waals surface area contributed by atoms with Gasteiger partial charge in [-0.25, -0.2) is 4.68 Å². The van der Waals surface area contributed by atoms with Crippen LogP contribution >= 0.6 is 27.3 Å². The van der Waals surface area contributed by atoms with Crippen LogP contribution in [0.3, 0.4) is 0 Å². The standard InChI is InChI=1S/C17H16BrN3O2S/c1-23-10-12-2-4-13(5-3-12)17(22)20-16-6-7-19-21(16)9-15-8-14(18)11-24-15/h2-8,11H,9-10H2,1H3,(H,20,22). The molecule has 7 heteroatoms. The number of carbonyl (C=O) groups excluding carboxylic acids is 1. The maximum absolute atomic E-state index is 12.4. The van der Waals surface area contributed by atoms with E-state index in [9.17, 15) is 4.79 Å². The Balaban J connectivity index is 1.69. The zero-order chi connectivity index (χ0) is 16.9. The predicted molar refractivity (Wildman–Crippen MR) is 98.5 cm³/mol. The average Bonchev–Trinajstić information content (AvgIpc) is 3.18. The molecule has 0 fully saturated rings. The van der Waals surface area contributed by atoms with E-state index in [0.29, 0.717) is 24.5 Å². The summed E-state index contributed by atoms with van der Waals surface area (Å²) >= 11 is 5.09. The lowest BCUT2D eigenvalue weighted by Gasteiger charge is -2.08. The smallest absolute Gasteiger partial charge is 0.256 e. The van der Waals surface area contributed by atoms with E-state index in [1.807, 2.05) is 23.6 Å². The minimum atomic E-state index is -0.159. The van der Waals surface area contributed by atoms with Crippen LogP contribution < -0.4 is 5.32 Å². The van der Waals surface area contributed by atoms with Crippen molar-refractivity contribution in [2.45, 2.75) is 13.2 Å². The lowest BCUT2D eigenvalue weighted by atomic mass is 10.1. The van der Waals surface area contributed by atoms with Gasteiger partial charge in [-0.05, 0) is 39.7 Å². The molecule has 2 aromatic heterocycles. The monoisotopic (exact) mass is 405 g/mol. The van der Waals surface area contributed by atoms with Crippen LogP contribution in [0.5, 0.6) is 0 Å². The number of hydrogen-bond acceptors (Lipinski definition) is 4.